The monoisotopic (exact) mass is 489 g/mol. The number of nitrogens with zero attached hydrogens (tertiary/aromatic N) is 2. The van der Waals surface area contributed by atoms with Crippen molar-refractivity contribution in [2.75, 3.05) is 45.9 Å². The Kier molecular flexibility index (Phi) is 8.25. The predicted molar refractivity (Wildman–Crippen MR) is 130 cm³/mol. The van der Waals surface area contributed by atoms with E-state index in [2.05, 4.69) is 10.2 Å². The Morgan fingerprint density at radius 1 is 1.03 bits per heavy atom. The van der Waals surface area contributed by atoms with Crippen molar-refractivity contribution in [3.63, 3.8) is 0 Å². The van der Waals surface area contributed by atoms with Gasteiger partial charge >= 0.3 is 0 Å². The lowest BCUT2D eigenvalue weighted by Gasteiger charge is -2.36. The van der Waals surface area contributed by atoms with Gasteiger partial charge in [-0.1, -0.05) is 41.4 Å². The molecule has 2 saturated heterocycles. The van der Waals surface area contributed by atoms with E-state index in [1.165, 1.54) is 0 Å². The highest BCUT2D eigenvalue weighted by atomic mass is 35.5. The van der Waals surface area contributed by atoms with Gasteiger partial charge in [0.25, 0.3) is 5.91 Å². The standard InChI is InChI=1S/C25H29Cl2N3O3/c26-20-9-7-18(8-10-20)25(32)30-11-3-4-19(17-30)24(31)28-16-23(29-12-14-33-15-13-29)21-5-1-2-6-22(21)27/h1-2,5-10,19,23H,3-4,11-17H2,(H,28,31). The molecule has 2 atom stereocenters. The third kappa shape index (κ3) is 6.07. The van der Waals surface area contributed by atoms with Crippen LogP contribution in [0.1, 0.15) is 34.8 Å². The van der Waals surface area contributed by atoms with E-state index >= 15 is 0 Å². The Balaban J connectivity index is 1.40. The molecule has 2 aliphatic rings. The largest absolute Gasteiger partial charge is 0.379 e. The smallest absolute Gasteiger partial charge is 0.253 e. The zero-order valence-corrected chi connectivity index (χ0v) is 20.0. The van der Waals surface area contributed by atoms with Gasteiger partial charge in [0.2, 0.25) is 5.91 Å². The lowest BCUT2D eigenvalue weighted by molar-refractivity contribution is -0.126. The summed E-state index contributed by atoms with van der Waals surface area (Å²) in [6.45, 7) is 4.45. The Bertz CT molecular complexity index is 964. The van der Waals surface area contributed by atoms with Crippen molar-refractivity contribution in [1.82, 2.24) is 15.1 Å². The van der Waals surface area contributed by atoms with Gasteiger partial charge in [-0.3, -0.25) is 14.5 Å². The van der Waals surface area contributed by atoms with Crippen LogP contribution in [-0.2, 0) is 9.53 Å². The minimum atomic E-state index is -0.230. The third-order valence-electron chi connectivity index (χ3n) is 6.39. The fourth-order valence-corrected chi connectivity index (χ4v) is 4.95. The Morgan fingerprint density at radius 2 is 1.76 bits per heavy atom. The van der Waals surface area contributed by atoms with Gasteiger partial charge in [0, 0.05) is 48.3 Å². The quantitative estimate of drug-likeness (QED) is 0.664. The van der Waals surface area contributed by atoms with Crippen LogP contribution in [0.15, 0.2) is 48.5 Å². The molecule has 0 radical (unpaired) electrons. The van der Waals surface area contributed by atoms with E-state index in [-0.39, 0.29) is 23.8 Å². The number of ether oxygens (including phenoxy) is 1. The van der Waals surface area contributed by atoms with Crippen LogP contribution in [0.25, 0.3) is 0 Å². The summed E-state index contributed by atoms with van der Waals surface area (Å²) in [7, 11) is 0. The summed E-state index contributed by atoms with van der Waals surface area (Å²) >= 11 is 12.4. The number of halogens is 2. The summed E-state index contributed by atoms with van der Waals surface area (Å²) in [6, 6.07) is 14.6. The number of piperidine rings is 1. The summed E-state index contributed by atoms with van der Waals surface area (Å²) in [5.74, 6) is -0.313. The first-order valence-electron chi connectivity index (χ1n) is 11.4. The minimum Gasteiger partial charge on any atom is -0.379 e. The molecule has 4 rings (SSSR count). The Hall–Kier alpha value is -2.12. The maximum Gasteiger partial charge on any atom is 0.253 e. The van der Waals surface area contributed by atoms with Gasteiger partial charge in [0.05, 0.1) is 25.2 Å². The molecule has 0 aliphatic carbocycles. The minimum absolute atomic E-state index is 0.0195. The van der Waals surface area contributed by atoms with Crippen molar-refractivity contribution in [2.45, 2.75) is 18.9 Å². The van der Waals surface area contributed by atoms with E-state index < -0.39 is 0 Å². The van der Waals surface area contributed by atoms with E-state index in [1.807, 2.05) is 24.3 Å². The number of rotatable bonds is 6. The van der Waals surface area contributed by atoms with Crippen LogP contribution in [0, 0.1) is 5.92 Å². The van der Waals surface area contributed by atoms with E-state index in [9.17, 15) is 9.59 Å². The molecule has 6 nitrogen and oxygen atoms in total. The maximum absolute atomic E-state index is 13.1. The number of morpholine rings is 1. The molecule has 2 aliphatic heterocycles. The van der Waals surface area contributed by atoms with Crippen LogP contribution < -0.4 is 5.32 Å². The maximum atomic E-state index is 13.1. The van der Waals surface area contributed by atoms with Gasteiger partial charge in [-0.25, -0.2) is 0 Å². The molecule has 2 amide bonds. The second kappa shape index (κ2) is 11.3. The molecular weight excluding hydrogens is 461 g/mol. The van der Waals surface area contributed by atoms with Crippen LogP contribution in [0.3, 0.4) is 0 Å². The summed E-state index contributed by atoms with van der Waals surface area (Å²) in [5.41, 5.74) is 1.59. The molecule has 0 saturated carbocycles. The van der Waals surface area contributed by atoms with Crippen molar-refractivity contribution >= 4 is 35.0 Å². The van der Waals surface area contributed by atoms with E-state index in [1.54, 1.807) is 29.2 Å². The molecule has 2 unspecified atom stereocenters. The van der Waals surface area contributed by atoms with Crippen LogP contribution >= 0.6 is 23.2 Å². The number of nitrogens with one attached hydrogen (secondary N) is 1. The first-order chi connectivity index (χ1) is 16.0. The van der Waals surface area contributed by atoms with Crippen LogP contribution in [0.5, 0.6) is 0 Å². The predicted octanol–water partition coefficient (Wildman–Crippen LogP) is 4.04. The van der Waals surface area contributed by atoms with Gasteiger partial charge in [-0.05, 0) is 48.7 Å². The van der Waals surface area contributed by atoms with Crippen molar-refractivity contribution in [1.29, 1.82) is 0 Å². The van der Waals surface area contributed by atoms with Crippen molar-refractivity contribution < 1.29 is 14.3 Å². The number of benzene rings is 2. The number of carbonyl (C=O) groups is 2. The van der Waals surface area contributed by atoms with Crippen LogP contribution in [0.4, 0.5) is 0 Å². The fourth-order valence-electron chi connectivity index (χ4n) is 4.56. The molecule has 33 heavy (non-hydrogen) atoms. The molecule has 0 aromatic heterocycles. The van der Waals surface area contributed by atoms with Gasteiger partial charge in [-0.2, -0.15) is 0 Å². The van der Waals surface area contributed by atoms with Crippen molar-refractivity contribution in [2.24, 2.45) is 5.92 Å². The Labute approximate surface area is 204 Å². The van der Waals surface area contributed by atoms with Gasteiger partial charge < -0.3 is 15.0 Å². The topological polar surface area (TPSA) is 61.9 Å². The molecule has 2 aromatic carbocycles. The third-order valence-corrected chi connectivity index (χ3v) is 6.99. The fraction of sp³-hybridized carbons (Fsp3) is 0.440. The van der Waals surface area contributed by atoms with E-state index in [4.69, 9.17) is 27.9 Å². The molecule has 2 aromatic rings. The second-order valence-corrected chi connectivity index (χ2v) is 9.37. The molecule has 2 fully saturated rings. The van der Waals surface area contributed by atoms with Crippen molar-refractivity contribution in [3.8, 4) is 0 Å². The highest BCUT2D eigenvalue weighted by Gasteiger charge is 2.30. The SMILES string of the molecule is O=C(NCC(c1ccccc1Cl)N1CCOCC1)C1CCCN(C(=O)c2ccc(Cl)cc2)C1. The van der Waals surface area contributed by atoms with Crippen LogP contribution in [-0.4, -0.2) is 67.6 Å². The van der Waals surface area contributed by atoms with E-state index in [0.29, 0.717) is 48.5 Å². The first kappa shape index (κ1) is 24.0. The number of likely N-dealkylation sites (tertiary alicyclic amines) is 1. The number of hydrogen-bond donors (Lipinski definition) is 1. The number of carbonyl (C=O) groups excluding carboxylic acids is 2. The van der Waals surface area contributed by atoms with Crippen LogP contribution in [0.2, 0.25) is 10.0 Å². The van der Waals surface area contributed by atoms with E-state index in [0.717, 1.165) is 31.5 Å². The lowest BCUT2D eigenvalue weighted by Crippen LogP contribution is -2.48. The highest BCUT2D eigenvalue weighted by Crippen LogP contribution is 2.28. The Morgan fingerprint density at radius 3 is 2.48 bits per heavy atom. The molecule has 0 spiro atoms. The average molecular weight is 490 g/mol. The number of amides is 2. The lowest BCUT2D eigenvalue weighted by atomic mass is 9.96. The highest BCUT2D eigenvalue weighted by molar-refractivity contribution is 6.31. The summed E-state index contributed by atoms with van der Waals surface area (Å²) < 4.78 is 5.51. The molecule has 8 heteroatoms. The zero-order chi connectivity index (χ0) is 23.2. The molecule has 176 valence electrons. The summed E-state index contributed by atoms with van der Waals surface area (Å²) in [6.07, 6.45) is 1.57. The number of hydrogen-bond acceptors (Lipinski definition) is 4. The molecule has 2 heterocycles. The van der Waals surface area contributed by atoms with Gasteiger partial charge in [-0.15, -0.1) is 0 Å². The van der Waals surface area contributed by atoms with Gasteiger partial charge in [0.15, 0.2) is 0 Å². The normalized spacial score (nSPS) is 20.3. The molecular formula is C25H29Cl2N3O3. The second-order valence-electron chi connectivity index (χ2n) is 8.53. The summed E-state index contributed by atoms with van der Waals surface area (Å²) in [4.78, 5) is 30.1. The molecule has 0 bridgehead atoms. The zero-order valence-electron chi connectivity index (χ0n) is 18.5. The molecule has 1 N–H and O–H groups in total. The van der Waals surface area contributed by atoms with Gasteiger partial charge in [0.1, 0.15) is 0 Å². The van der Waals surface area contributed by atoms with Crippen molar-refractivity contribution in [3.05, 3.63) is 69.7 Å². The first-order valence-corrected chi connectivity index (χ1v) is 12.2. The summed E-state index contributed by atoms with van der Waals surface area (Å²) in [5, 5.41) is 4.44. The average Bonchev–Trinajstić information content (AvgIpc) is 2.86.